The largest absolute Gasteiger partial charge is 0.345 e. The van der Waals surface area contributed by atoms with Gasteiger partial charge in [-0.25, -0.2) is 9.97 Å². The molecule has 0 radical (unpaired) electrons. The zero-order valence-corrected chi connectivity index (χ0v) is 17.5. The normalized spacial score (nSPS) is 20.5. The van der Waals surface area contributed by atoms with Crippen LogP contribution < -0.4 is 9.80 Å². The van der Waals surface area contributed by atoms with Crippen LogP contribution >= 0.6 is 11.3 Å². The van der Waals surface area contributed by atoms with Gasteiger partial charge in [-0.05, 0) is 36.3 Å². The minimum atomic E-state index is 0.776. The Kier molecular flexibility index (Phi) is 5.03. The van der Waals surface area contributed by atoms with Gasteiger partial charge < -0.3 is 9.80 Å². The molecule has 3 heterocycles. The lowest BCUT2D eigenvalue weighted by molar-refractivity contribution is -0.900. The fourth-order valence-electron chi connectivity index (χ4n) is 4.76. The number of fused-ring (bicyclic) bond motifs is 3. The summed E-state index contributed by atoms with van der Waals surface area (Å²) < 4.78 is 0. The zero-order valence-electron chi connectivity index (χ0n) is 16.7. The summed E-state index contributed by atoms with van der Waals surface area (Å²) in [5.74, 6) is 1.97. The number of nitrogens with one attached hydrogen (secondary N) is 1. The van der Waals surface area contributed by atoms with Gasteiger partial charge in [-0.15, -0.1) is 11.3 Å². The predicted octanol–water partition coefficient (Wildman–Crippen LogP) is 2.76. The highest BCUT2D eigenvalue weighted by Gasteiger charge is 2.27. The first-order valence-electron chi connectivity index (χ1n) is 10.7. The number of quaternary nitrogens is 1. The third kappa shape index (κ3) is 3.53. The van der Waals surface area contributed by atoms with E-state index in [0.717, 1.165) is 19.0 Å². The fraction of sp³-hybridized carbons (Fsp3) is 0.478. The van der Waals surface area contributed by atoms with Crippen molar-refractivity contribution in [3.63, 3.8) is 0 Å². The van der Waals surface area contributed by atoms with E-state index in [2.05, 4.69) is 47.1 Å². The number of piperazine rings is 1. The molecular formula is C23H29N4S+. The van der Waals surface area contributed by atoms with Crippen LogP contribution in [0.25, 0.3) is 10.2 Å². The summed E-state index contributed by atoms with van der Waals surface area (Å²) in [6, 6.07) is 10.9. The molecule has 4 nitrogen and oxygen atoms in total. The summed E-state index contributed by atoms with van der Waals surface area (Å²) in [4.78, 5) is 16.4. The van der Waals surface area contributed by atoms with E-state index in [9.17, 15) is 0 Å². The van der Waals surface area contributed by atoms with E-state index in [0.29, 0.717) is 0 Å². The molecular weight excluding hydrogens is 364 g/mol. The van der Waals surface area contributed by atoms with Crippen LogP contribution in [0.3, 0.4) is 0 Å². The van der Waals surface area contributed by atoms with Crippen molar-refractivity contribution in [2.75, 3.05) is 37.6 Å². The molecule has 1 N–H and O–H groups in total. The molecule has 0 unspecified atom stereocenters. The molecule has 5 rings (SSSR count). The number of aryl methyl sites for hydroxylation is 1. The van der Waals surface area contributed by atoms with E-state index < -0.39 is 0 Å². The highest BCUT2D eigenvalue weighted by Crippen LogP contribution is 2.40. The molecule has 0 bridgehead atoms. The van der Waals surface area contributed by atoms with Gasteiger partial charge in [0, 0.05) is 11.3 Å². The quantitative estimate of drug-likeness (QED) is 0.740. The lowest BCUT2D eigenvalue weighted by Gasteiger charge is -2.33. The average molecular weight is 394 g/mol. The van der Waals surface area contributed by atoms with Crippen molar-refractivity contribution in [3.05, 3.63) is 52.7 Å². The van der Waals surface area contributed by atoms with Crippen molar-refractivity contribution in [1.82, 2.24) is 9.97 Å². The molecule has 2 aromatic heterocycles. The van der Waals surface area contributed by atoms with Crippen LogP contribution in [0, 0.1) is 5.92 Å². The number of hydrogen-bond donors (Lipinski definition) is 1. The topological polar surface area (TPSA) is 33.5 Å². The van der Waals surface area contributed by atoms with E-state index in [1.54, 1.807) is 21.7 Å². The molecule has 1 fully saturated rings. The van der Waals surface area contributed by atoms with Gasteiger partial charge in [0.15, 0.2) is 0 Å². The van der Waals surface area contributed by atoms with Crippen molar-refractivity contribution in [2.24, 2.45) is 5.92 Å². The highest BCUT2D eigenvalue weighted by molar-refractivity contribution is 7.19. The zero-order chi connectivity index (χ0) is 18.9. The molecule has 1 aliphatic carbocycles. The van der Waals surface area contributed by atoms with Crippen molar-refractivity contribution in [2.45, 2.75) is 32.6 Å². The molecule has 3 aromatic rings. The van der Waals surface area contributed by atoms with Gasteiger partial charge in [0.1, 0.15) is 17.0 Å². The lowest BCUT2D eigenvalue weighted by atomic mass is 9.88. The highest BCUT2D eigenvalue weighted by atomic mass is 32.1. The Balaban J connectivity index is 1.30. The second-order valence-corrected chi connectivity index (χ2v) is 9.54. The lowest BCUT2D eigenvalue weighted by Crippen LogP contribution is -3.15. The van der Waals surface area contributed by atoms with Crippen LogP contribution in [0.2, 0.25) is 0 Å². The minimum Gasteiger partial charge on any atom is -0.345 e. The van der Waals surface area contributed by atoms with Crippen LogP contribution in [-0.4, -0.2) is 42.7 Å². The molecule has 1 saturated heterocycles. The number of anilines is 1. The van der Waals surface area contributed by atoms with Gasteiger partial charge >= 0.3 is 0 Å². The summed E-state index contributed by atoms with van der Waals surface area (Å²) in [7, 11) is 0. The Morgan fingerprint density at radius 2 is 1.96 bits per heavy atom. The summed E-state index contributed by atoms with van der Waals surface area (Å²) in [5, 5.41) is 1.36. The molecule has 1 atom stereocenters. The Labute approximate surface area is 171 Å². The Hall–Kier alpha value is -1.98. The maximum Gasteiger partial charge on any atom is 0.141 e. The smallest absolute Gasteiger partial charge is 0.141 e. The molecule has 5 heteroatoms. The molecule has 0 spiro atoms. The monoisotopic (exact) mass is 393 g/mol. The van der Waals surface area contributed by atoms with Gasteiger partial charge in [0.2, 0.25) is 0 Å². The van der Waals surface area contributed by atoms with Gasteiger partial charge in [0.25, 0.3) is 0 Å². The predicted molar refractivity (Wildman–Crippen MR) is 117 cm³/mol. The summed E-state index contributed by atoms with van der Waals surface area (Å²) in [6.45, 7) is 8.18. The molecule has 1 aliphatic heterocycles. The van der Waals surface area contributed by atoms with E-state index >= 15 is 0 Å². The number of rotatable bonds is 4. The summed E-state index contributed by atoms with van der Waals surface area (Å²) in [5.41, 5.74) is 3.00. The third-order valence-corrected chi connectivity index (χ3v) is 7.65. The first-order valence-corrected chi connectivity index (χ1v) is 11.5. The number of benzene rings is 1. The average Bonchev–Trinajstić information content (AvgIpc) is 3.11. The second-order valence-electron chi connectivity index (χ2n) is 8.45. The van der Waals surface area contributed by atoms with Gasteiger partial charge in [-0.3, -0.25) is 0 Å². The van der Waals surface area contributed by atoms with Gasteiger partial charge in [-0.2, -0.15) is 0 Å². The van der Waals surface area contributed by atoms with Crippen LogP contribution in [0.15, 0.2) is 36.7 Å². The third-order valence-electron chi connectivity index (χ3n) is 6.45. The Morgan fingerprint density at radius 3 is 2.79 bits per heavy atom. The molecule has 0 amide bonds. The van der Waals surface area contributed by atoms with Crippen LogP contribution in [-0.2, 0) is 19.3 Å². The van der Waals surface area contributed by atoms with Gasteiger partial charge in [0.05, 0.1) is 38.1 Å². The number of nitrogens with zero attached hydrogens (tertiary/aromatic N) is 3. The minimum absolute atomic E-state index is 0.776. The number of aromatic nitrogens is 2. The maximum absolute atomic E-state index is 4.77. The standard InChI is InChI=1S/C23H28N4S/c1-17-7-8-20-19(15-17)21-22(24-16-25-23(21)28-20)27-13-11-26(12-14-27)10-9-18-5-3-2-4-6-18/h2-6,16-17H,7-15H2,1H3/p+1/t17-/m1/s1. The Morgan fingerprint density at radius 1 is 1.14 bits per heavy atom. The van der Waals surface area contributed by atoms with E-state index in [4.69, 9.17) is 4.98 Å². The maximum atomic E-state index is 4.77. The molecule has 2 aliphatic rings. The second kappa shape index (κ2) is 7.80. The molecule has 146 valence electrons. The first kappa shape index (κ1) is 18.1. The van der Waals surface area contributed by atoms with Crippen LogP contribution in [0.5, 0.6) is 0 Å². The van der Waals surface area contributed by atoms with E-state index in [1.165, 1.54) is 66.9 Å². The summed E-state index contributed by atoms with van der Waals surface area (Å²) >= 11 is 1.90. The molecule has 1 aromatic carbocycles. The number of thiophene rings is 1. The van der Waals surface area contributed by atoms with Crippen molar-refractivity contribution in [1.29, 1.82) is 0 Å². The fourth-order valence-corrected chi connectivity index (χ4v) is 5.93. The number of hydrogen-bond acceptors (Lipinski definition) is 4. The summed E-state index contributed by atoms with van der Waals surface area (Å²) in [6.07, 6.45) is 6.67. The van der Waals surface area contributed by atoms with Crippen LogP contribution in [0.4, 0.5) is 5.82 Å². The van der Waals surface area contributed by atoms with E-state index in [-0.39, 0.29) is 0 Å². The van der Waals surface area contributed by atoms with Gasteiger partial charge in [-0.1, -0.05) is 37.3 Å². The van der Waals surface area contributed by atoms with Crippen molar-refractivity contribution >= 4 is 27.4 Å². The Bertz CT molecular complexity index is 944. The SMILES string of the molecule is C[C@@H]1CCc2sc3ncnc(N4CC[NH+](CCc5ccccc5)CC4)c3c2C1. The van der Waals surface area contributed by atoms with E-state index in [1.807, 2.05) is 11.3 Å². The van der Waals surface area contributed by atoms with Crippen molar-refractivity contribution in [3.8, 4) is 0 Å². The molecule has 28 heavy (non-hydrogen) atoms. The van der Waals surface area contributed by atoms with Crippen molar-refractivity contribution < 1.29 is 4.90 Å². The molecule has 0 saturated carbocycles. The van der Waals surface area contributed by atoms with Crippen LogP contribution in [0.1, 0.15) is 29.3 Å². The first-order chi connectivity index (χ1) is 13.8.